The first-order valence-corrected chi connectivity index (χ1v) is 21.7. The lowest BCUT2D eigenvalue weighted by molar-refractivity contribution is -0.161. The van der Waals surface area contributed by atoms with E-state index < -0.39 is 32.5 Å². The van der Waals surface area contributed by atoms with Crippen molar-refractivity contribution in [3.63, 3.8) is 0 Å². The van der Waals surface area contributed by atoms with E-state index in [2.05, 4.69) is 62.5 Å². The van der Waals surface area contributed by atoms with Gasteiger partial charge in [0.2, 0.25) is 0 Å². The number of epoxide rings is 1. The highest BCUT2D eigenvalue weighted by atomic mass is 31.2. The number of rotatable bonds is 36. The Bertz CT molecular complexity index is 1060. The fourth-order valence-corrected chi connectivity index (χ4v) is 6.19. The second kappa shape index (κ2) is 33.5. The summed E-state index contributed by atoms with van der Waals surface area (Å²) in [6, 6.07) is 0. The van der Waals surface area contributed by atoms with Crippen LogP contribution < -0.4 is 5.73 Å². The number of ether oxygens (including phenoxy) is 3. The van der Waals surface area contributed by atoms with Gasteiger partial charge in [-0.15, -0.1) is 0 Å². The van der Waals surface area contributed by atoms with Crippen LogP contribution in [0.15, 0.2) is 48.6 Å². The number of hydrogen-bond acceptors (Lipinski definition) is 9. The Kier molecular flexibility index (Phi) is 30.9. The SMILES string of the molecule is CCCCC/C=C\C/C=C\CC1OC1C/C=C\CCCC(=O)OC[C@H](COP(=O)(O)OCCN)OC(=O)CCCCCCC/C=C\CCCCCC. The summed E-state index contributed by atoms with van der Waals surface area (Å²) in [5.41, 5.74) is 5.33. The van der Waals surface area contributed by atoms with Crippen molar-refractivity contribution in [3.8, 4) is 0 Å². The molecular weight excluding hydrogens is 681 g/mol. The second-order valence-corrected chi connectivity index (χ2v) is 15.0. The molecule has 0 aliphatic carbocycles. The highest BCUT2D eigenvalue weighted by Crippen LogP contribution is 2.43. The molecule has 3 unspecified atom stereocenters. The molecule has 300 valence electrons. The topological polar surface area (TPSA) is 147 Å². The molecule has 4 atom stereocenters. The van der Waals surface area contributed by atoms with E-state index in [9.17, 15) is 19.0 Å². The number of esters is 2. The Balaban J connectivity index is 2.26. The molecule has 11 heteroatoms. The minimum Gasteiger partial charge on any atom is -0.462 e. The Morgan fingerprint density at radius 3 is 1.88 bits per heavy atom. The maximum atomic E-state index is 12.5. The van der Waals surface area contributed by atoms with Gasteiger partial charge in [-0.1, -0.05) is 114 Å². The fraction of sp³-hybridized carbons (Fsp3) is 0.756. The molecule has 0 radical (unpaired) electrons. The zero-order chi connectivity index (χ0) is 38.0. The molecule has 0 aromatic rings. The lowest BCUT2D eigenvalue weighted by Gasteiger charge is -2.19. The summed E-state index contributed by atoms with van der Waals surface area (Å²) >= 11 is 0. The average Bonchev–Trinajstić information content (AvgIpc) is 3.89. The third kappa shape index (κ3) is 30.4. The van der Waals surface area contributed by atoms with Gasteiger partial charge >= 0.3 is 19.8 Å². The summed E-state index contributed by atoms with van der Waals surface area (Å²) in [6.07, 6.45) is 38.8. The molecule has 1 aliphatic rings. The number of unbranched alkanes of at least 4 members (excludes halogenated alkanes) is 13. The number of phosphoric ester groups is 1. The van der Waals surface area contributed by atoms with Crippen molar-refractivity contribution in [3.05, 3.63) is 48.6 Å². The van der Waals surface area contributed by atoms with Gasteiger partial charge in [-0.3, -0.25) is 18.6 Å². The molecule has 0 saturated carbocycles. The number of nitrogens with two attached hydrogens (primary N) is 1. The van der Waals surface area contributed by atoms with Gasteiger partial charge in [0.05, 0.1) is 25.4 Å². The van der Waals surface area contributed by atoms with E-state index >= 15 is 0 Å². The highest BCUT2D eigenvalue weighted by molar-refractivity contribution is 7.47. The number of phosphoric acid groups is 1. The summed E-state index contributed by atoms with van der Waals surface area (Å²) in [6.45, 7) is 3.58. The minimum absolute atomic E-state index is 0.0407. The van der Waals surface area contributed by atoms with Crippen LogP contribution in [0.4, 0.5) is 0 Å². The first kappa shape index (κ1) is 48.0. The van der Waals surface area contributed by atoms with Crippen LogP contribution in [0.2, 0.25) is 0 Å². The third-order valence-corrected chi connectivity index (χ3v) is 9.57. The molecule has 52 heavy (non-hydrogen) atoms. The van der Waals surface area contributed by atoms with Crippen LogP contribution in [0, 0.1) is 0 Å². The van der Waals surface area contributed by atoms with Gasteiger partial charge in [-0.05, 0) is 77.0 Å². The van der Waals surface area contributed by atoms with Gasteiger partial charge in [0.15, 0.2) is 6.10 Å². The van der Waals surface area contributed by atoms with E-state index in [4.69, 9.17) is 29.0 Å². The predicted molar refractivity (Wildman–Crippen MR) is 210 cm³/mol. The summed E-state index contributed by atoms with van der Waals surface area (Å²) < 4.78 is 38.4. The molecule has 1 heterocycles. The van der Waals surface area contributed by atoms with Crippen LogP contribution in [-0.2, 0) is 37.4 Å². The maximum Gasteiger partial charge on any atom is 0.472 e. The van der Waals surface area contributed by atoms with Gasteiger partial charge in [0.1, 0.15) is 6.61 Å². The Morgan fingerprint density at radius 2 is 1.19 bits per heavy atom. The van der Waals surface area contributed by atoms with E-state index in [1.165, 1.54) is 44.9 Å². The molecule has 0 bridgehead atoms. The second-order valence-electron chi connectivity index (χ2n) is 13.5. The van der Waals surface area contributed by atoms with E-state index in [0.29, 0.717) is 12.8 Å². The number of carbonyl (C=O) groups excluding carboxylic acids is 2. The minimum atomic E-state index is -4.39. The lowest BCUT2D eigenvalue weighted by Crippen LogP contribution is -2.29. The summed E-state index contributed by atoms with van der Waals surface area (Å²) in [4.78, 5) is 34.8. The van der Waals surface area contributed by atoms with Crippen LogP contribution in [0.25, 0.3) is 0 Å². The largest absolute Gasteiger partial charge is 0.472 e. The van der Waals surface area contributed by atoms with Crippen molar-refractivity contribution < 1.29 is 42.3 Å². The highest BCUT2D eigenvalue weighted by Gasteiger charge is 2.36. The summed E-state index contributed by atoms with van der Waals surface area (Å²) in [7, 11) is -4.39. The molecule has 1 saturated heterocycles. The van der Waals surface area contributed by atoms with Crippen molar-refractivity contribution in [2.75, 3.05) is 26.4 Å². The summed E-state index contributed by atoms with van der Waals surface area (Å²) in [5, 5.41) is 0. The van der Waals surface area contributed by atoms with Gasteiger partial charge < -0.3 is 24.8 Å². The fourth-order valence-electron chi connectivity index (χ4n) is 5.43. The first-order valence-electron chi connectivity index (χ1n) is 20.2. The third-order valence-electron chi connectivity index (χ3n) is 8.59. The van der Waals surface area contributed by atoms with Crippen molar-refractivity contribution in [1.82, 2.24) is 0 Å². The zero-order valence-corrected chi connectivity index (χ0v) is 33.4. The van der Waals surface area contributed by atoms with Crippen molar-refractivity contribution in [2.24, 2.45) is 5.73 Å². The Hall–Kier alpha value is -2.07. The standard InChI is InChI=1S/C41H72NO9P/c1-3-5-7-9-11-13-14-15-16-18-20-22-28-32-41(44)50-37(36-49-52(45,46)48-34-33-42)35-47-40(43)31-27-24-23-26-30-39-38(51-39)29-25-21-19-17-12-10-8-6-4-2/h12-14,17,21,23,25-26,37-39H,3-11,15-16,18-20,22,24,27-36,42H2,1-2H3,(H,45,46)/b14-13-,17-12-,25-21-,26-23-/t37-,38?,39?/m1/s1. The van der Waals surface area contributed by atoms with Gasteiger partial charge in [0, 0.05) is 19.4 Å². The Morgan fingerprint density at radius 1 is 0.673 bits per heavy atom. The average molecular weight is 754 g/mol. The number of allylic oxidation sites excluding steroid dienone is 6. The molecule has 3 N–H and O–H groups in total. The number of carbonyl (C=O) groups is 2. The van der Waals surface area contributed by atoms with Crippen LogP contribution in [0.3, 0.4) is 0 Å². The normalized spacial score (nSPS) is 17.8. The smallest absolute Gasteiger partial charge is 0.462 e. The maximum absolute atomic E-state index is 12.5. The monoisotopic (exact) mass is 753 g/mol. The summed E-state index contributed by atoms with van der Waals surface area (Å²) in [5.74, 6) is -0.916. The van der Waals surface area contributed by atoms with E-state index in [1.807, 2.05) is 0 Å². The van der Waals surface area contributed by atoms with Crippen molar-refractivity contribution >= 4 is 19.8 Å². The van der Waals surface area contributed by atoms with Crippen LogP contribution in [-0.4, -0.2) is 61.5 Å². The van der Waals surface area contributed by atoms with Crippen molar-refractivity contribution in [2.45, 2.75) is 173 Å². The van der Waals surface area contributed by atoms with Crippen molar-refractivity contribution in [1.29, 1.82) is 0 Å². The van der Waals surface area contributed by atoms with Gasteiger partial charge in [-0.2, -0.15) is 0 Å². The molecule has 0 spiro atoms. The molecule has 0 amide bonds. The quantitative estimate of drug-likeness (QED) is 0.0208. The first-order chi connectivity index (χ1) is 25.3. The predicted octanol–water partition coefficient (Wildman–Crippen LogP) is 10.1. The van der Waals surface area contributed by atoms with E-state index in [1.54, 1.807) is 0 Å². The molecule has 1 rings (SSSR count). The van der Waals surface area contributed by atoms with Gasteiger partial charge in [-0.25, -0.2) is 4.57 Å². The van der Waals surface area contributed by atoms with E-state index in [0.717, 1.165) is 70.6 Å². The Labute approximate surface area is 315 Å². The van der Waals surface area contributed by atoms with Gasteiger partial charge in [0.25, 0.3) is 0 Å². The molecule has 1 fully saturated rings. The molecule has 0 aromatic carbocycles. The van der Waals surface area contributed by atoms with Crippen LogP contribution in [0.5, 0.6) is 0 Å². The van der Waals surface area contributed by atoms with E-state index in [-0.39, 0.29) is 44.8 Å². The number of hydrogen-bond donors (Lipinski definition) is 2. The zero-order valence-electron chi connectivity index (χ0n) is 32.5. The van der Waals surface area contributed by atoms with Crippen LogP contribution >= 0.6 is 7.82 Å². The molecule has 10 nitrogen and oxygen atoms in total. The molecule has 1 aliphatic heterocycles. The van der Waals surface area contributed by atoms with Crippen LogP contribution in [0.1, 0.15) is 155 Å². The molecule has 0 aromatic heterocycles. The molecular formula is C41H72NO9P. The lowest BCUT2D eigenvalue weighted by atomic mass is 10.1.